The normalized spacial score (nSPS) is 10.2. The van der Waals surface area contributed by atoms with Crippen molar-refractivity contribution < 1.29 is 14.3 Å². The molecule has 21 heavy (non-hydrogen) atoms. The molecular formula is C17H17ClO3. The summed E-state index contributed by atoms with van der Waals surface area (Å²) in [6.45, 7) is 4.76. The van der Waals surface area contributed by atoms with Gasteiger partial charge in [0.15, 0.2) is 11.5 Å². The van der Waals surface area contributed by atoms with E-state index in [-0.39, 0.29) is 0 Å². The molecule has 0 spiro atoms. The zero-order valence-electron chi connectivity index (χ0n) is 12.1. The fourth-order valence-electron chi connectivity index (χ4n) is 1.98. The number of hydrogen-bond acceptors (Lipinski definition) is 3. The number of hydrogen-bond donors (Lipinski definition) is 0. The largest absolute Gasteiger partial charge is 0.490 e. The third-order valence-corrected chi connectivity index (χ3v) is 3.38. The zero-order chi connectivity index (χ0) is 15.2. The van der Waals surface area contributed by atoms with Crippen LogP contribution in [-0.2, 0) is 6.61 Å². The maximum absolute atomic E-state index is 10.9. The molecule has 0 aromatic heterocycles. The van der Waals surface area contributed by atoms with Crippen LogP contribution in [0.5, 0.6) is 11.5 Å². The van der Waals surface area contributed by atoms with Crippen LogP contribution in [0.3, 0.4) is 0 Å². The Morgan fingerprint density at radius 2 is 1.95 bits per heavy atom. The standard InChI is InChI=1S/C17H17ClO3/c1-3-20-16-9-13(10-19)8-15(18)17(16)21-11-14-7-5-4-6-12(14)2/h4-10H,3,11H2,1-2H3. The number of benzene rings is 2. The minimum absolute atomic E-state index is 0.372. The Morgan fingerprint density at radius 1 is 1.19 bits per heavy atom. The van der Waals surface area contributed by atoms with E-state index in [1.54, 1.807) is 12.1 Å². The van der Waals surface area contributed by atoms with Gasteiger partial charge in [-0.25, -0.2) is 0 Å². The molecule has 0 saturated heterocycles. The molecule has 2 aromatic carbocycles. The number of carbonyl (C=O) groups is 1. The lowest BCUT2D eigenvalue weighted by atomic mass is 10.1. The monoisotopic (exact) mass is 304 g/mol. The average molecular weight is 305 g/mol. The number of halogens is 1. The summed E-state index contributed by atoms with van der Waals surface area (Å²) in [6.07, 6.45) is 0.736. The van der Waals surface area contributed by atoms with Crippen LogP contribution in [-0.4, -0.2) is 12.9 Å². The van der Waals surface area contributed by atoms with E-state index in [9.17, 15) is 4.79 Å². The molecule has 3 nitrogen and oxygen atoms in total. The van der Waals surface area contributed by atoms with Crippen LogP contribution < -0.4 is 9.47 Å². The lowest BCUT2D eigenvalue weighted by Crippen LogP contribution is -2.02. The molecule has 0 aliphatic carbocycles. The quantitative estimate of drug-likeness (QED) is 0.740. The van der Waals surface area contributed by atoms with Gasteiger partial charge in [-0.05, 0) is 37.1 Å². The molecule has 0 radical (unpaired) electrons. The van der Waals surface area contributed by atoms with Crippen LogP contribution in [0.4, 0.5) is 0 Å². The van der Waals surface area contributed by atoms with Gasteiger partial charge in [0.2, 0.25) is 0 Å². The summed E-state index contributed by atoms with van der Waals surface area (Å²) in [7, 11) is 0. The van der Waals surface area contributed by atoms with Crippen LogP contribution in [0.1, 0.15) is 28.4 Å². The van der Waals surface area contributed by atoms with Crippen molar-refractivity contribution in [3.05, 3.63) is 58.1 Å². The van der Waals surface area contributed by atoms with Crippen molar-refractivity contribution in [1.29, 1.82) is 0 Å². The lowest BCUT2D eigenvalue weighted by Gasteiger charge is -2.15. The van der Waals surface area contributed by atoms with Crippen molar-refractivity contribution in [1.82, 2.24) is 0 Å². The Labute approximate surface area is 129 Å². The summed E-state index contributed by atoms with van der Waals surface area (Å²) in [4.78, 5) is 10.9. The molecule has 4 heteroatoms. The SMILES string of the molecule is CCOc1cc(C=O)cc(Cl)c1OCc1ccccc1C. The van der Waals surface area contributed by atoms with Gasteiger partial charge in [0.25, 0.3) is 0 Å². The second kappa shape index (κ2) is 7.14. The Kier molecular flexibility index (Phi) is 5.23. The van der Waals surface area contributed by atoms with E-state index < -0.39 is 0 Å². The van der Waals surface area contributed by atoms with Crippen molar-refractivity contribution in [3.8, 4) is 11.5 Å². The van der Waals surface area contributed by atoms with Crippen LogP contribution in [0.2, 0.25) is 5.02 Å². The molecule has 0 aliphatic rings. The third-order valence-electron chi connectivity index (χ3n) is 3.10. The highest BCUT2D eigenvalue weighted by Gasteiger charge is 2.13. The van der Waals surface area contributed by atoms with Gasteiger partial charge in [0.1, 0.15) is 12.9 Å². The van der Waals surface area contributed by atoms with Gasteiger partial charge in [-0.1, -0.05) is 35.9 Å². The molecule has 0 saturated carbocycles. The van der Waals surface area contributed by atoms with Gasteiger partial charge < -0.3 is 9.47 Å². The first-order valence-corrected chi connectivity index (χ1v) is 7.12. The number of aldehydes is 1. The number of aryl methyl sites for hydroxylation is 1. The molecule has 0 N–H and O–H groups in total. The average Bonchev–Trinajstić information content (AvgIpc) is 2.48. The Morgan fingerprint density at radius 3 is 2.62 bits per heavy atom. The maximum atomic E-state index is 10.9. The first kappa shape index (κ1) is 15.4. The van der Waals surface area contributed by atoms with Crippen molar-refractivity contribution in [2.24, 2.45) is 0 Å². The third kappa shape index (κ3) is 3.76. The fourth-order valence-corrected chi connectivity index (χ4v) is 2.25. The van der Waals surface area contributed by atoms with Crippen LogP contribution in [0.25, 0.3) is 0 Å². The highest BCUT2D eigenvalue weighted by atomic mass is 35.5. The summed E-state index contributed by atoms with van der Waals surface area (Å²) >= 11 is 6.19. The number of carbonyl (C=O) groups excluding carboxylic acids is 1. The van der Waals surface area contributed by atoms with Gasteiger partial charge in [0, 0.05) is 5.56 Å². The van der Waals surface area contributed by atoms with E-state index in [4.69, 9.17) is 21.1 Å². The highest BCUT2D eigenvalue weighted by Crippen LogP contribution is 2.37. The van der Waals surface area contributed by atoms with E-state index in [0.717, 1.165) is 17.4 Å². The van der Waals surface area contributed by atoms with Crippen molar-refractivity contribution >= 4 is 17.9 Å². The Hall–Kier alpha value is -2.00. The van der Waals surface area contributed by atoms with Gasteiger partial charge >= 0.3 is 0 Å². The first-order valence-electron chi connectivity index (χ1n) is 6.74. The van der Waals surface area contributed by atoms with E-state index >= 15 is 0 Å². The molecule has 2 aromatic rings. The van der Waals surface area contributed by atoms with Crippen molar-refractivity contribution in [3.63, 3.8) is 0 Å². The molecule has 0 unspecified atom stereocenters. The molecule has 0 fully saturated rings. The minimum atomic E-state index is 0.372. The molecule has 0 amide bonds. The minimum Gasteiger partial charge on any atom is -0.490 e. The molecule has 110 valence electrons. The summed E-state index contributed by atoms with van der Waals surface area (Å²) in [5, 5.41) is 0.372. The molecule has 0 aliphatic heterocycles. The van der Waals surface area contributed by atoms with E-state index in [1.165, 1.54) is 0 Å². The van der Waals surface area contributed by atoms with E-state index in [2.05, 4.69) is 0 Å². The lowest BCUT2D eigenvalue weighted by molar-refractivity contribution is 0.112. The Bertz CT molecular complexity index is 638. The van der Waals surface area contributed by atoms with Crippen molar-refractivity contribution in [2.45, 2.75) is 20.5 Å². The second-order valence-corrected chi connectivity index (χ2v) is 5.00. The zero-order valence-corrected chi connectivity index (χ0v) is 12.8. The van der Waals surface area contributed by atoms with Gasteiger partial charge in [-0.3, -0.25) is 4.79 Å². The molecule has 0 heterocycles. The van der Waals surface area contributed by atoms with Gasteiger partial charge in [-0.15, -0.1) is 0 Å². The maximum Gasteiger partial charge on any atom is 0.180 e. The Balaban J connectivity index is 2.26. The molecule has 2 rings (SSSR count). The number of rotatable bonds is 6. The summed E-state index contributed by atoms with van der Waals surface area (Å²) < 4.78 is 11.3. The van der Waals surface area contributed by atoms with Crippen LogP contribution >= 0.6 is 11.6 Å². The fraction of sp³-hybridized carbons (Fsp3) is 0.235. The smallest absolute Gasteiger partial charge is 0.180 e. The summed E-state index contributed by atoms with van der Waals surface area (Å²) in [5.41, 5.74) is 2.69. The predicted molar refractivity (Wildman–Crippen MR) is 83.5 cm³/mol. The molecular weight excluding hydrogens is 288 g/mol. The van der Waals surface area contributed by atoms with E-state index in [1.807, 2.05) is 38.1 Å². The molecule has 0 bridgehead atoms. The summed E-state index contributed by atoms with van der Waals surface area (Å²) in [6, 6.07) is 11.2. The van der Waals surface area contributed by atoms with Gasteiger partial charge in [0.05, 0.1) is 11.6 Å². The summed E-state index contributed by atoms with van der Waals surface area (Å²) in [5.74, 6) is 0.952. The predicted octanol–water partition coefficient (Wildman–Crippen LogP) is 4.44. The topological polar surface area (TPSA) is 35.5 Å². The van der Waals surface area contributed by atoms with Crippen molar-refractivity contribution in [2.75, 3.05) is 6.61 Å². The highest BCUT2D eigenvalue weighted by molar-refractivity contribution is 6.32. The van der Waals surface area contributed by atoms with Crippen LogP contribution in [0, 0.1) is 6.92 Å². The van der Waals surface area contributed by atoms with E-state index in [0.29, 0.717) is 35.3 Å². The number of ether oxygens (including phenoxy) is 2. The first-order chi connectivity index (χ1) is 10.2. The van der Waals surface area contributed by atoms with Gasteiger partial charge in [-0.2, -0.15) is 0 Å². The molecule has 0 atom stereocenters. The second-order valence-electron chi connectivity index (χ2n) is 4.60. The van der Waals surface area contributed by atoms with Crippen LogP contribution in [0.15, 0.2) is 36.4 Å².